The molecule has 3 rings (SSSR count). The summed E-state index contributed by atoms with van der Waals surface area (Å²) in [6.07, 6.45) is 6.06. The molecule has 0 bridgehead atoms. The van der Waals surface area contributed by atoms with Crippen LogP contribution in [0.1, 0.15) is 37.7 Å². The van der Waals surface area contributed by atoms with E-state index in [0.717, 1.165) is 19.2 Å². The largest absolute Gasteiger partial charge is 0.312 e. The first kappa shape index (κ1) is 14.0. The molecule has 2 unspecified atom stereocenters. The Kier molecular flexibility index (Phi) is 4.32. The van der Waals surface area contributed by atoms with E-state index in [2.05, 4.69) is 10.2 Å². The zero-order valence-corrected chi connectivity index (χ0v) is 11.7. The Hall–Kier alpha value is -1.00. The summed E-state index contributed by atoms with van der Waals surface area (Å²) in [5.74, 6) is -0.924. The first-order chi connectivity index (χ1) is 9.74. The Morgan fingerprint density at radius 2 is 2.05 bits per heavy atom. The molecule has 1 aromatic carbocycles. The van der Waals surface area contributed by atoms with Gasteiger partial charge in [-0.3, -0.25) is 4.90 Å². The Morgan fingerprint density at radius 1 is 1.15 bits per heavy atom. The zero-order chi connectivity index (χ0) is 13.9. The molecule has 0 amide bonds. The van der Waals surface area contributed by atoms with E-state index in [1.807, 2.05) is 0 Å². The smallest absolute Gasteiger partial charge is 0.130 e. The maximum atomic E-state index is 13.8. The average Bonchev–Trinajstić information content (AvgIpc) is 2.96. The number of rotatable bonds is 3. The minimum Gasteiger partial charge on any atom is -0.312 e. The van der Waals surface area contributed by atoms with Crippen molar-refractivity contribution in [2.24, 2.45) is 0 Å². The highest BCUT2D eigenvalue weighted by atomic mass is 19.1. The minimum atomic E-state index is -0.501. The van der Waals surface area contributed by atoms with E-state index in [1.54, 1.807) is 6.07 Å². The zero-order valence-electron chi connectivity index (χ0n) is 11.7. The van der Waals surface area contributed by atoms with Crippen molar-refractivity contribution < 1.29 is 8.78 Å². The molecule has 0 spiro atoms. The normalized spacial score (nSPS) is 27.9. The second kappa shape index (κ2) is 6.19. The van der Waals surface area contributed by atoms with Crippen LogP contribution in [0.5, 0.6) is 0 Å². The number of nitrogens with zero attached hydrogens (tertiary/aromatic N) is 1. The first-order valence-corrected chi connectivity index (χ1v) is 7.65. The summed E-state index contributed by atoms with van der Waals surface area (Å²) in [6, 6.07) is 4.96. The van der Waals surface area contributed by atoms with Gasteiger partial charge in [0.05, 0.1) is 0 Å². The molecule has 20 heavy (non-hydrogen) atoms. The maximum Gasteiger partial charge on any atom is 0.130 e. The van der Waals surface area contributed by atoms with Crippen LogP contribution >= 0.6 is 0 Å². The fraction of sp³-hybridized carbons (Fsp3) is 0.625. The molecule has 2 fully saturated rings. The van der Waals surface area contributed by atoms with Gasteiger partial charge >= 0.3 is 0 Å². The van der Waals surface area contributed by atoms with Crippen LogP contribution < -0.4 is 5.32 Å². The SMILES string of the molecule is Fc1ccc(CN2CCCCC2C2CCCN2)c(F)c1. The van der Waals surface area contributed by atoms with Crippen LogP contribution in [-0.2, 0) is 6.54 Å². The molecule has 1 aromatic rings. The van der Waals surface area contributed by atoms with E-state index >= 15 is 0 Å². The molecule has 2 aliphatic heterocycles. The number of piperidine rings is 1. The summed E-state index contributed by atoms with van der Waals surface area (Å²) >= 11 is 0. The molecule has 2 saturated heterocycles. The van der Waals surface area contributed by atoms with Gasteiger partial charge in [-0.25, -0.2) is 8.78 Å². The van der Waals surface area contributed by atoms with Crippen molar-refractivity contribution in [2.75, 3.05) is 13.1 Å². The van der Waals surface area contributed by atoms with Crippen LogP contribution in [-0.4, -0.2) is 30.1 Å². The Bertz CT molecular complexity index is 458. The van der Waals surface area contributed by atoms with Crippen molar-refractivity contribution in [3.05, 3.63) is 35.4 Å². The van der Waals surface area contributed by atoms with E-state index < -0.39 is 11.6 Å². The van der Waals surface area contributed by atoms with Gasteiger partial charge in [-0.1, -0.05) is 12.5 Å². The Morgan fingerprint density at radius 3 is 2.80 bits per heavy atom. The summed E-state index contributed by atoms with van der Waals surface area (Å²) in [5, 5.41) is 3.57. The number of hydrogen-bond acceptors (Lipinski definition) is 2. The predicted molar refractivity (Wildman–Crippen MR) is 75.4 cm³/mol. The minimum absolute atomic E-state index is 0.422. The second-order valence-electron chi connectivity index (χ2n) is 5.97. The lowest BCUT2D eigenvalue weighted by atomic mass is 9.94. The van der Waals surface area contributed by atoms with Gasteiger partial charge in [-0.15, -0.1) is 0 Å². The maximum absolute atomic E-state index is 13.8. The molecular weight excluding hydrogens is 258 g/mol. The van der Waals surface area contributed by atoms with E-state index in [0.29, 0.717) is 24.2 Å². The van der Waals surface area contributed by atoms with Gasteiger partial charge in [-0.05, 0) is 44.8 Å². The van der Waals surface area contributed by atoms with Gasteiger partial charge in [-0.2, -0.15) is 0 Å². The van der Waals surface area contributed by atoms with Crippen LogP contribution in [0.15, 0.2) is 18.2 Å². The number of halogens is 2. The van der Waals surface area contributed by atoms with Crippen LogP contribution in [0.3, 0.4) is 0 Å². The quantitative estimate of drug-likeness (QED) is 0.915. The number of benzene rings is 1. The summed E-state index contributed by atoms with van der Waals surface area (Å²) in [5.41, 5.74) is 0.608. The van der Waals surface area contributed by atoms with Gasteiger partial charge in [0, 0.05) is 30.3 Å². The Labute approximate surface area is 119 Å². The molecule has 0 radical (unpaired) electrons. The van der Waals surface area contributed by atoms with Crippen LogP contribution in [0.4, 0.5) is 8.78 Å². The molecular formula is C16H22F2N2. The highest BCUT2D eigenvalue weighted by Crippen LogP contribution is 2.26. The van der Waals surface area contributed by atoms with Gasteiger partial charge in [0.25, 0.3) is 0 Å². The van der Waals surface area contributed by atoms with Crippen molar-refractivity contribution in [1.29, 1.82) is 0 Å². The molecule has 2 nitrogen and oxygen atoms in total. The number of hydrogen-bond donors (Lipinski definition) is 1. The predicted octanol–water partition coefficient (Wildman–Crippen LogP) is 3.07. The monoisotopic (exact) mass is 280 g/mol. The molecule has 4 heteroatoms. The second-order valence-corrected chi connectivity index (χ2v) is 5.97. The third-order valence-corrected chi connectivity index (χ3v) is 4.62. The van der Waals surface area contributed by atoms with Crippen LogP contribution in [0.25, 0.3) is 0 Å². The lowest BCUT2D eigenvalue weighted by Gasteiger charge is -2.39. The highest BCUT2D eigenvalue weighted by Gasteiger charge is 2.31. The summed E-state index contributed by atoms with van der Waals surface area (Å²) in [4.78, 5) is 2.38. The standard InChI is InChI=1S/C16H22F2N2/c17-13-7-6-12(14(18)10-13)11-20-9-2-1-5-16(20)15-4-3-8-19-15/h6-7,10,15-16,19H,1-5,8-9,11H2. The van der Waals surface area contributed by atoms with Gasteiger partial charge < -0.3 is 5.32 Å². The lowest BCUT2D eigenvalue weighted by Crippen LogP contribution is -2.49. The molecule has 110 valence electrons. The van der Waals surface area contributed by atoms with E-state index in [9.17, 15) is 8.78 Å². The summed E-state index contributed by atoms with van der Waals surface area (Å²) in [7, 11) is 0. The van der Waals surface area contributed by atoms with E-state index in [-0.39, 0.29) is 0 Å². The highest BCUT2D eigenvalue weighted by molar-refractivity contribution is 5.18. The lowest BCUT2D eigenvalue weighted by molar-refractivity contribution is 0.111. The van der Waals surface area contributed by atoms with Gasteiger partial charge in [0.15, 0.2) is 0 Å². The van der Waals surface area contributed by atoms with Crippen LogP contribution in [0.2, 0.25) is 0 Å². The fourth-order valence-electron chi connectivity index (χ4n) is 3.58. The third kappa shape index (κ3) is 3.01. The van der Waals surface area contributed by atoms with Gasteiger partial charge in [0.2, 0.25) is 0 Å². The van der Waals surface area contributed by atoms with Crippen molar-refractivity contribution in [1.82, 2.24) is 10.2 Å². The molecule has 0 aromatic heterocycles. The van der Waals surface area contributed by atoms with Crippen molar-refractivity contribution in [2.45, 2.75) is 50.7 Å². The van der Waals surface area contributed by atoms with Crippen molar-refractivity contribution >= 4 is 0 Å². The van der Waals surface area contributed by atoms with E-state index in [4.69, 9.17) is 0 Å². The van der Waals surface area contributed by atoms with Crippen LogP contribution in [0, 0.1) is 11.6 Å². The molecule has 1 N–H and O–H groups in total. The summed E-state index contributed by atoms with van der Waals surface area (Å²) in [6.45, 7) is 2.70. The van der Waals surface area contributed by atoms with E-state index in [1.165, 1.54) is 38.2 Å². The number of likely N-dealkylation sites (tertiary alicyclic amines) is 1. The molecule has 2 heterocycles. The van der Waals surface area contributed by atoms with Crippen molar-refractivity contribution in [3.63, 3.8) is 0 Å². The fourth-order valence-corrected chi connectivity index (χ4v) is 3.58. The first-order valence-electron chi connectivity index (χ1n) is 7.65. The molecule has 2 aliphatic rings. The molecule has 0 aliphatic carbocycles. The number of nitrogens with one attached hydrogen (secondary N) is 1. The Balaban J connectivity index is 1.72. The summed E-state index contributed by atoms with van der Waals surface area (Å²) < 4.78 is 26.8. The molecule has 2 atom stereocenters. The topological polar surface area (TPSA) is 15.3 Å². The molecule has 0 saturated carbocycles. The van der Waals surface area contributed by atoms with Gasteiger partial charge in [0.1, 0.15) is 11.6 Å². The average molecular weight is 280 g/mol. The van der Waals surface area contributed by atoms with Crippen molar-refractivity contribution in [3.8, 4) is 0 Å². The third-order valence-electron chi connectivity index (χ3n) is 4.62.